The van der Waals surface area contributed by atoms with Crippen LogP contribution >= 0.6 is 23.2 Å². The number of benzene rings is 4. The van der Waals surface area contributed by atoms with Crippen LogP contribution in [0.3, 0.4) is 0 Å². The minimum Gasteiger partial charge on any atom is -0.292 e. The van der Waals surface area contributed by atoms with Gasteiger partial charge in [0, 0.05) is 61.4 Å². The van der Waals surface area contributed by atoms with E-state index in [2.05, 4.69) is 19.2 Å². The van der Waals surface area contributed by atoms with E-state index in [1.165, 1.54) is 24.3 Å². The third kappa shape index (κ3) is 8.26. The van der Waals surface area contributed by atoms with Gasteiger partial charge in [0.15, 0.2) is 0 Å². The SMILES string of the molecule is O=S(=O)(NC[C@H](c1ccccc1)N1CCN([C@H](CNS(=O)(=O)c2ccc(Cl)cc2)c2ccccc2)CC1)c1ccc(Cl)cc1. The predicted octanol–water partition coefficient (Wildman–Crippen LogP) is 5.35. The average Bonchev–Trinajstić information content (AvgIpc) is 3.03. The van der Waals surface area contributed by atoms with Crippen molar-refractivity contribution in [3.63, 3.8) is 0 Å². The van der Waals surface area contributed by atoms with Crippen LogP contribution < -0.4 is 9.44 Å². The van der Waals surface area contributed by atoms with E-state index in [1.54, 1.807) is 24.3 Å². The first-order valence-corrected chi connectivity index (χ1v) is 17.9. The molecular formula is C32H34Cl2N4O4S2. The lowest BCUT2D eigenvalue weighted by atomic mass is 10.0. The number of hydrogen-bond acceptors (Lipinski definition) is 6. The quantitative estimate of drug-likeness (QED) is 0.211. The number of nitrogens with zero attached hydrogens (tertiary/aromatic N) is 2. The standard InChI is InChI=1S/C32H34Cl2N4O4S2/c33-27-11-15-29(16-12-27)43(39,40)35-23-31(25-7-3-1-4-8-25)37-19-21-38(22-20-37)32(26-9-5-2-6-10-26)24-36-44(41,42)30-17-13-28(34)14-18-30/h1-18,31-32,35-36H,19-24H2/t31-,32-/m1/s1. The molecule has 0 bridgehead atoms. The van der Waals surface area contributed by atoms with E-state index in [-0.39, 0.29) is 35.0 Å². The summed E-state index contributed by atoms with van der Waals surface area (Å²) in [6.45, 7) is 3.03. The Labute approximate surface area is 269 Å². The van der Waals surface area contributed by atoms with Crippen LogP contribution in [-0.2, 0) is 20.0 Å². The molecule has 1 heterocycles. The molecule has 0 spiro atoms. The molecule has 0 unspecified atom stereocenters. The van der Waals surface area contributed by atoms with E-state index in [4.69, 9.17) is 23.2 Å². The van der Waals surface area contributed by atoms with E-state index < -0.39 is 20.0 Å². The Bertz CT molecular complexity index is 1590. The lowest BCUT2D eigenvalue weighted by Crippen LogP contribution is -2.52. The molecule has 1 aliphatic heterocycles. The topological polar surface area (TPSA) is 98.8 Å². The van der Waals surface area contributed by atoms with E-state index in [0.29, 0.717) is 36.2 Å². The summed E-state index contributed by atoms with van der Waals surface area (Å²) in [4.78, 5) is 4.86. The van der Waals surface area contributed by atoms with Crippen molar-refractivity contribution in [3.8, 4) is 0 Å². The second-order valence-electron chi connectivity index (χ2n) is 10.5. The number of rotatable bonds is 12. The van der Waals surface area contributed by atoms with E-state index >= 15 is 0 Å². The van der Waals surface area contributed by atoms with Gasteiger partial charge >= 0.3 is 0 Å². The van der Waals surface area contributed by atoms with Crippen molar-refractivity contribution >= 4 is 43.2 Å². The molecule has 0 aromatic heterocycles. The van der Waals surface area contributed by atoms with E-state index in [1.807, 2.05) is 60.7 Å². The van der Waals surface area contributed by atoms with Gasteiger partial charge in [0.1, 0.15) is 0 Å². The van der Waals surface area contributed by atoms with E-state index in [9.17, 15) is 16.8 Å². The van der Waals surface area contributed by atoms with Crippen LogP contribution in [0.5, 0.6) is 0 Å². The Morgan fingerprint density at radius 3 is 1.16 bits per heavy atom. The molecule has 0 aliphatic carbocycles. The van der Waals surface area contributed by atoms with Crippen LogP contribution in [-0.4, -0.2) is 65.9 Å². The van der Waals surface area contributed by atoms with Gasteiger partial charge in [-0.25, -0.2) is 26.3 Å². The van der Waals surface area contributed by atoms with Crippen molar-refractivity contribution in [1.82, 2.24) is 19.2 Å². The maximum Gasteiger partial charge on any atom is 0.240 e. The molecule has 8 nitrogen and oxygen atoms in total. The molecule has 44 heavy (non-hydrogen) atoms. The molecule has 4 aromatic rings. The molecule has 0 radical (unpaired) electrons. The summed E-state index contributed by atoms with van der Waals surface area (Å²) in [6.07, 6.45) is 0. The van der Waals surface area contributed by atoms with Crippen molar-refractivity contribution in [2.24, 2.45) is 0 Å². The van der Waals surface area contributed by atoms with Crippen molar-refractivity contribution < 1.29 is 16.8 Å². The molecule has 0 saturated carbocycles. The molecule has 12 heteroatoms. The average molecular weight is 674 g/mol. The smallest absolute Gasteiger partial charge is 0.240 e. The Morgan fingerprint density at radius 1 is 0.523 bits per heavy atom. The summed E-state index contributed by atoms with van der Waals surface area (Å²) in [5.74, 6) is 0. The number of halogens is 2. The number of sulfonamides is 2. The zero-order valence-electron chi connectivity index (χ0n) is 23.9. The summed E-state index contributed by atoms with van der Waals surface area (Å²) in [6, 6.07) is 31.5. The fourth-order valence-corrected chi connectivity index (χ4v) is 7.73. The van der Waals surface area contributed by atoms with Crippen LogP contribution in [0.2, 0.25) is 10.0 Å². The van der Waals surface area contributed by atoms with Gasteiger partial charge in [0.25, 0.3) is 0 Å². The van der Waals surface area contributed by atoms with Gasteiger partial charge in [-0.2, -0.15) is 0 Å². The van der Waals surface area contributed by atoms with Gasteiger partial charge in [-0.15, -0.1) is 0 Å². The monoisotopic (exact) mass is 672 g/mol. The summed E-state index contributed by atoms with van der Waals surface area (Å²) in [7, 11) is -7.49. The minimum absolute atomic E-state index is 0.158. The Balaban J connectivity index is 1.30. The lowest BCUT2D eigenvalue weighted by molar-refractivity contribution is 0.0703. The number of hydrogen-bond donors (Lipinski definition) is 2. The van der Waals surface area contributed by atoms with Gasteiger partial charge in [0.2, 0.25) is 20.0 Å². The lowest BCUT2D eigenvalue weighted by Gasteiger charge is -2.42. The largest absolute Gasteiger partial charge is 0.292 e. The molecule has 2 N–H and O–H groups in total. The molecular weight excluding hydrogens is 639 g/mol. The van der Waals surface area contributed by atoms with Crippen LogP contribution in [0.15, 0.2) is 119 Å². The highest BCUT2D eigenvalue weighted by molar-refractivity contribution is 7.89. The molecule has 2 atom stereocenters. The third-order valence-corrected chi connectivity index (χ3v) is 11.2. The maximum atomic E-state index is 13.1. The van der Waals surface area contributed by atoms with Crippen molar-refractivity contribution in [2.75, 3.05) is 39.3 Å². The Hall–Kier alpha value is -2.80. The fourth-order valence-electron chi connectivity index (χ4n) is 5.40. The first-order chi connectivity index (χ1) is 21.1. The summed E-state index contributed by atoms with van der Waals surface area (Å²) < 4.78 is 57.9. The summed E-state index contributed by atoms with van der Waals surface area (Å²) in [5.41, 5.74) is 2.02. The normalized spacial score (nSPS) is 16.4. The molecule has 232 valence electrons. The van der Waals surface area contributed by atoms with E-state index in [0.717, 1.165) is 11.1 Å². The van der Waals surface area contributed by atoms with Gasteiger partial charge in [-0.3, -0.25) is 9.80 Å². The van der Waals surface area contributed by atoms with Crippen LogP contribution in [0, 0.1) is 0 Å². The third-order valence-electron chi connectivity index (χ3n) is 7.78. The van der Waals surface area contributed by atoms with Crippen LogP contribution in [0.25, 0.3) is 0 Å². The Morgan fingerprint density at radius 2 is 0.841 bits per heavy atom. The van der Waals surface area contributed by atoms with Crippen LogP contribution in [0.4, 0.5) is 0 Å². The van der Waals surface area contributed by atoms with Gasteiger partial charge < -0.3 is 0 Å². The van der Waals surface area contributed by atoms with Crippen LogP contribution in [0.1, 0.15) is 23.2 Å². The molecule has 0 amide bonds. The molecule has 1 fully saturated rings. The predicted molar refractivity (Wildman–Crippen MR) is 175 cm³/mol. The first kappa shape index (κ1) is 32.6. The number of nitrogens with one attached hydrogen (secondary N) is 2. The zero-order valence-corrected chi connectivity index (χ0v) is 27.0. The van der Waals surface area contributed by atoms with Gasteiger partial charge in [-0.05, 0) is 59.7 Å². The maximum absolute atomic E-state index is 13.1. The summed E-state index contributed by atoms with van der Waals surface area (Å²) in [5, 5.41) is 0.936. The zero-order chi connectivity index (χ0) is 31.2. The van der Waals surface area contributed by atoms with Gasteiger partial charge in [-0.1, -0.05) is 83.9 Å². The van der Waals surface area contributed by atoms with Crippen molar-refractivity contribution in [1.29, 1.82) is 0 Å². The molecule has 1 saturated heterocycles. The fraction of sp³-hybridized carbons (Fsp3) is 0.250. The highest BCUT2D eigenvalue weighted by Crippen LogP contribution is 2.27. The molecule has 5 rings (SSSR count). The first-order valence-electron chi connectivity index (χ1n) is 14.2. The highest BCUT2D eigenvalue weighted by atomic mass is 35.5. The number of piperazine rings is 1. The van der Waals surface area contributed by atoms with Crippen molar-refractivity contribution in [2.45, 2.75) is 21.9 Å². The molecule has 1 aliphatic rings. The van der Waals surface area contributed by atoms with Gasteiger partial charge in [0.05, 0.1) is 9.79 Å². The summed E-state index contributed by atoms with van der Waals surface area (Å²) >= 11 is 11.9. The second kappa shape index (κ2) is 14.5. The molecule has 4 aromatic carbocycles. The minimum atomic E-state index is -3.74. The van der Waals surface area contributed by atoms with Crippen molar-refractivity contribution in [3.05, 3.63) is 130 Å². The Kier molecular flexibility index (Phi) is 10.8. The second-order valence-corrected chi connectivity index (χ2v) is 14.9. The highest BCUT2D eigenvalue weighted by Gasteiger charge is 2.31.